The van der Waals surface area contributed by atoms with Gasteiger partial charge in [-0.25, -0.2) is 13.1 Å². The summed E-state index contributed by atoms with van der Waals surface area (Å²) in [4.78, 5) is 24.4. The number of carbonyl (C=O) groups excluding carboxylic acids is 2. The van der Waals surface area contributed by atoms with Crippen LogP contribution in [0.15, 0.2) is 53.4 Å². The molecule has 0 radical (unpaired) electrons. The van der Waals surface area contributed by atoms with Gasteiger partial charge in [0.1, 0.15) is 0 Å². The number of rotatable bonds is 8. The molecule has 0 saturated carbocycles. The third-order valence-electron chi connectivity index (χ3n) is 4.31. The van der Waals surface area contributed by atoms with Gasteiger partial charge in [0, 0.05) is 28.9 Å². The first kappa shape index (κ1) is 22.6. The molecule has 2 aromatic rings. The first-order valence-electron chi connectivity index (χ1n) is 9.47. The van der Waals surface area contributed by atoms with E-state index < -0.39 is 10.0 Å². The van der Waals surface area contributed by atoms with E-state index in [1.807, 2.05) is 6.92 Å². The average Bonchev–Trinajstić information content (AvgIpc) is 2.68. The summed E-state index contributed by atoms with van der Waals surface area (Å²) in [7, 11) is -3.60. The summed E-state index contributed by atoms with van der Waals surface area (Å²) >= 11 is 0. The van der Waals surface area contributed by atoms with Crippen LogP contribution >= 0.6 is 0 Å². The third-order valence-corrected chi connectivity index (χ3v) is 5.91. The van der Waals surface area contributed by atoms with Gasteiger partial charge in [0.25, 0.3) is 5.91 Å². The Balaban J connectivity index is 2.09. The van der Waals surface area contributed by atoms with Gasteiger partial charge < -0.3 is 10.6 Å². The van der Waals surface area contributed by atoms with Crippen molar-refractivity contribution < 1.29 is 18.0 Å². The summed E-state index contributed by atoms with van der Waals surface area (Å²) in [6, 6.07) is 12.4. The van der Waals surface area contributed by atoms with E-state index in [2.05, 4.69) is 15.4 Å². The topological polar surface area (TPSA) is 104 Å². The van der Waals surface area contributed by atoms with Gasteiger partial charge >= 0.3 is 0 Å². The number of nitrogens with one attached hydrogen (secondary N) is 3. The van der Waals surface area contributed by atoms with Crippen molar-refractivity contribution in [3.8, 4) is 0 Å². The van der Waals surface area contributed by atoms with E-state index in [1.54, 1.807) is 45.0 Å². The highest BCUT2D eigenvalue weighted by molar-refractivity contribution is 7.89. The lowest BCUT2D eigenvalue weighted by molar-refractivity contribution is -0.118. The maximum Gasteiger partial charge on any atom is 0.255 e. The van der Waals surface area contributed by atoms with Crippen LogP contribution in [0.4, 0.5) is 11.4 Å². The molecule has 2 aromatic carbocycles. The second-order valence-corrected chi connectivity index (χ2v) is 8.85. The number of sulfonamides is 1. The lowest BCUT2D eigenvalue weighted by atomic mass is 10.1. The minimum atomic E-state index is -3.60. The molecule has 156 valence electrons. The molecular formula is C21H27N3O4S. The summed E-state index contributed by atoms with van der Waals surface area (Å²) < 4.78 is 27.2. The fourth-order valence-corrected chi connectivity index (χ4v) is 3.69. The van der Waals surface area contributed by atoms with Crippen LogP contribution in [-0.4, -0.2) is 26.3 Å². The molecule has 8 heteroatoms. The highest BCUT2D eigenvalue weighted by atomic mass is 32.2. The Kier molecular flexibility index (Phi) is 7.53. The first-order chi connectivity index (χ1) is 13.6. The summed E-state index contributed by atoms with van der Waals surface area (Å²) in [5.41, 5.74) is 1.38. The van der Waals surface area contributed by atoms with Gasteiger partial charge in [-0.15, -0.1) is 0 Å². The van der Waals surface area contributed by atoms with Gasteiger partial charge in [0.05, 0.1) is 4.90 Å². The molecule has 2 rings (SSSR count). The molecule has 0 aliphatic heterocycles. The smallest absolute Gasteiger partial charge is 0.255 e. The van der Waals surface area contributed by atoms with Crippen molar-refractivity contribution in [3.05, 3.63) is 54.1 Å². The van der Waals surface area contributed by atoms with E-state index in [4.69, 9.17) is 0 Å². The normalized spacial score (nSPS) is 12.4. The predicted octanol–water partition coefficient (Wildman–Crippen LogP) is 3.61. The van der Waals surface area contributed by atoms with Crippen LogP contribution in [0, 0.1) is 5.92 Å². The zero-order chi connectivity index (χ0) is 21.6. The van der Waals surface area contributed by atoms with Crippen molar-refractivity contribution >= 4 is 33.2 Å². The third kappa shape index (κ3) is 6.40. The van der Waals surface area contributed by atoms with Crippen molar-refractivity contribution in [1.29, 1.82) is 0 Å². The molecular weight excluding hydrogens is 390 g/mol. The monoisotopic (exact) mass is 417 g/mol. The zero-order valence-electron chi connectivity index (χ0n) is 17.0. The standard InChI is InChI=1S/C21H27N3O4S/c1-5-15(4)24-29(27,28)19-11-9-17(10-12-19)22-21(26)16-7-6-8-18(13-16)23-20(25)14(2)3/h6-15,24H,5H2,1-4H3,(H,22,26)(H,23,25)/t15-/m0/s1. The fourth-order valence-electron chi connectivity index (χ4n) is 2.36. The molecule has 0 heterocycles. The van der Waals surface area contributed by atoms with Gasteiger partial charge in [-0.3, -0.25) is 9.59 Å². The number of hydrogen-bond donors (Lipinski definition) is 3. The van der Waals surface area contributed by atoms with Crippen molar-refractivity contribution in [2.75, 3.05) is 10.6 Å². The molecule has 3 N–H and O–H groups in total. The Morgan fingerprint density at radius 1 is 0.931 bits per heavy atom. The van der Waals surface area contributed by atoms with Gasteiger partial charge in [-0.1, -0.05) is 26.8 Å². The van der Waals surface area contributed by atoms with E-state index in [-0.39, 0.29) is 28.7 Å². The van der Waals surface area contributed by atoms with E-state index in [0.717, 1.165) is 0 Å². The molecule has 7 nitrogen and oxygen atoms in total. The average molecular weight is 418 g/mol. The van der Waals surface area contributed by atoms with Crippen molar-refractivity contribution in [1.82, 2.24) is 4.72 Å². The molecule has 0 aliphatic carbocycles. The first-order valence-corrected chi connectivity index (χ1v) is 11.0. The zero-order valence-corrected chi connectivity index (χ0v) is 17.8. The van der Waals surface area contributed by atoms with Crippen LogP contribution in [-0.2, 0) is 14.8 Å². The van der Waals surface area contributed by atoms with Gasteiger partial charge in [0.15, 0.2) is 0 Å². The molecule has 0 bridgehead atoms. The largest absolute Gasteiger partial charge is 0.326 e. The molecule has 0 aliphatic rings. The maximum absolute atomic E-state index is 12.5. The maximum atomic E-state index is 12.5. The number of benzene rings is 2. The molecule has 0 spiro atoms. The summed E-state index contributed by atoms with van der Waals surface area (Å²) in [5, 5.41) is 5.48. The van der Waals surface area contributed by atoms with Crippen LogP contribution in [0.2, 0.25) is 0 Å². The van der Waals surface area contributed by atoms with Crippen LogP contribution in [0.5, 0.6) is 0 Å². The van der Waals surface area contributed by atoms with Crippen LogP contribution < -0.4 is 15.4 Å². The molecule has 0 fully saturated rings. The SMILES string of the molecule is CC[C@H](C)NS(=O)(=O)c1ccc(NC(=O)c2cccc(NC(=O)C(C)C)c2)cc1. The molecule has 0 saturated heterocycles. The van der Waals surface area contributed by atoms with Crippen molar-refractivity contribution in [3.63, 3.8) is 0 Å². The van der Waals surface area contributed by atoms with E-state index in [9.17, 15) is 18.0 Å². The lowest BCUT2D eigenvalue weighted by Crippen LogP contribution is -2.31. The minimum absolute atomic E-state index is 0.134. The Bertz CT molecular complexity index is 970. The van der Waals surface area contributed by atoms with E-state index in [1.165, 1.54) is 24.3 Å². The number of carbonyl (C=O) groups is 2. The molecule has 1 atom stereocenters. The Morgan fingerprint density at radius 3 is 2.17 bits per heavy atom. The highest BCUT2D eigenvalue weighted by Gasteiger charge is 2.16. The Morgan fingerprint density at radius 2 is 1.59 bits per heavy atom. The van der Waals surface area contributed by atoms with Crippen LogP contribution in [0.3, 0.4) is 0 Å². The highest BCUT2D eigenvalue weighted by Crippen LogP contribution is 2.17. The summed E-state index contributed by atoms with van der Waals surface area (Å²) in [6.07, 6.45) is 0.685. The number of amides is 2. The van der Waals surface area contributed by atoms with E-state index >= 15 is 0 Å². The van der Waals surface area contributed by atoms with Gasteiger partial charge in [-0.05, 0) is 55.8 Å². The van der Waals surface area contributed by atoms with Gasteiger partial charge in [-0.2, -0.15) is 0 Å². The summed E-state index contributed by atoms with van der Waals surface area (Å²) in [5.74, 6) is -0.665. The molecule has 29 heavy (non-hydrogen) atoms. The summed E-state index contributed by atoms with van der Waals surface area (Å²) in [6.45, 7) is 7.27. The number of anilines is 2. The minimum Gasteiger partial charge on any atom is -0.326 e. The van der Waals surface area contributed by atoms with Gasteiger partial charge in [0.2, 0.25) is 15.9 Å². The Hall–Kier alpha value is -2.71. The second kappa shape index (κ2) is 9.67. The molecule has 0 unspecified atom stereocenters. The second-order valence-electron chi connectivity index (χ2n) is 7.13. The fraction of sp³-hybridized carbons (Fsp3) is 0.333. The molecule has 2 amide bonds. The Labute approximate surface area is 172 Å². The van der Waals surface area contributed by atoms with Crippen LogP contribution in [0.1, 0.15) is 44.5 Å². The lowest BCUT2D eigenvalue weighted by Gasteiger charge is -2.13. The molecule has 0 aromatic heterocycles. The van der Waals surface area contributed by atoms with Crippen molar-refractivity contribution in [2.45, 2.75) is 45.1 Å². The quantitative estimate of drug-likeness (QED) is 0.610. The van der Waals surface area contributed by atoms with Crippen molar-refractivity contribution in [2.24, 2.45) is 5.92 Å². The van der Waals surface area contributed by atoms with E-state index in [0.29, 0.717) is 23.4 Å². The predicted molar refractivity (Wildman–Crippen MR) is 114 cm³/mol. The van der Waals surface area contributed by atoms with Crippen LogP contribution in [0.25, 0.3) is 0 Å². The number of hydrogen-bond acceptors (Lipinski definition) is 4.